The molecule has 3 nitrogen and oxygen atoms in total. The summed E-state index contributed by atoms with van der Waals surface area (Å²) in [5, 5.41) is 4.15. The average Bonchev–Trinajstić information content (AvgIpc) is 3.52. The van der Waals surface area contributed by atoms with E-state index in [2.05, 4.69) is 41.1 Å². The summed E-state index contributed by atoms with van der Waals surface area (Å²) in [4.78, 5) is 16.1. The summed E-state index contributed by atoms with van der Waals surface area (Å²) >= 11 is 1.65. The number of ether oxygens (including phenoxy) is 1. The Morgan fingerprint density at radius 1 is 0.938 bits per heavy atom. The number of carbonyl (C=O) groups is 1. The Hall–Kier alpha value is -3.37. The number of fused-ring (bicyclic) bond motifs is 1. The van der Waals surface area contributed by atoms with Crippen molar-refractivity contribution >= 4 is 17.2 Å². The fourth-order valence-corrected chi connectivity index (χ4v) is 5.29. The maximum atomic E-state index is 14.1. The first-order valence-electron chi connectivity index (χ1n) is 10.9. The van der Waals surface area contributed by atoms with Gasteiger partial charge in [-0.15, -0.1) is 0 Å². The zero-order valence-corrected chi connectivity index (χ0v) is 18.8. The monoisotopic (exact) mass is 439 g/mol. The molecular formula is C28H25NO2S. The number of para-hydroxylation sites is 1. The van der Waals surface area contributed by atoms with Crippen molar-refractivity contribution in [3.8, 4) is 16.9 Å². The predicted molar refractivity (Wildman–Crippen MR) is 130 cm³/mol. The lowest BCUT2D eigenvalue weighted by Crippen LogP contribution is -2.40. The molecule has 1 aliphatic carbocycles. The lowest BCUT2D eigenvalue weighted by molar-refractivity contribution is 0.0667. The third-order valence-corrected chi connectivity index (χ3v) is 6.94. The molecule has 0 saturated heterocycles. The molecule has 1 aliphatic rings. The largest absolute Gasteiger partial charge is 0.496 e. The summed E-state index contributed by atoms with van der Waals surface area (Å²) in [6.07, 6.45) is 1.75. The van der Waals surface area contributed by atoms with Crippen molar-refractivity contribution in [3.05, 3.63) is 112 Å². The molecule has 0 bridgehead atoms. The third kappa shape index (κ3) is 3.94. The first-order chi connectivity index (χ1) is 15.7. The van der Waals surface area contributed by atoms with Gasteiger partial charge in [-0.05, 0) is 64.1 Å². The van der Waals surface area contributed by atoms with Crippen molar-refractivity contribution in [1.82, 2.24) is 4.90 Å². The van der Waals surface area contributed by atoms with Crippen LogP contribution in [0, 0.1) is 0 Å². The zero-order valence-electron chi connectivity index (χ0n) is 18.0. The van der Waals surface area contributed by atoms with E-state index in [0.29, 0.717) is 6.54 Å². The summed E-state index contributed by atoms with van der Waals surface area (Å²) in [6.45, 7) is 0.513. The van der Waals surface area contributed by atoms with Gasteiger partial charge in [-0.25, -0.2) is 0 Å². The predicted octanol–water partition coefficient (Wildman–Crippen LogP) is 6.23. The highest BCUT2D eigenvalue weighted by Gasteiger charge is 2.32. The molecule has 1 amide bonds. The fourth-order valence-electron chi connectivity index (χ4n) is 4.63. The fraction of sp³-hybridized carbons (Fsp3) is 0.179. The van der Waals surface area contributed by atoms with Gasteiger partial charge in [-0.3, -0.25) is 4.79 Å². The lowest BCUT2D eigenvalue weighted by atomic mass is 9.99. The molecule has 0 saturated carbocycles. The SMILES string of the molecule is COc1ccccc1CN(C(=O)c1ccccc1-c1ccsc1)C1Cc2ccccc2C1. The van der Waals surface area contributed by atoms with Gasteiger partial charge in [0.25, 0.3) is 5.91 Å². The second-order valence-electron chi connectivity index (χ2n) is 8.13. The Bertz CT molecular complexity index is 1210. The van der Waals surface area contributed by atoms with E-state index >= 15 is 0 Å². The number of methoxy groups -OCH3 is 1. The first kappa shape index (κ1) is 20.5. The lowest BCUT2D eigenvalue weighted by Gasteiger charge is -2.30. The highest BCUT2D eigenvalue weighted by atomic mass is 32.1. The molecular weight excluding hydrogens is 414 g/mol. The van der Waals surface area contributed by atoms with Gasteiger partial charge >= 0.3 is 0 Å². The molecule has 0 fully saturated rings. The standard InChI is InChI=1S/C28H25NO2S/c1-31-27-13-7-4-10-22(27)18-29(24-16-20-8-2-3-9-21(20)17-24)28(30)26-12-6-5-11-25(26)23-14-15-32-19-23/h2-15,19,24H,16-18H2,1H3. The minimum absolute atomic E-state index is 0.0653. The van der Waals surface area contributed by atoms with Crippen LogP contribution in [0.1, 0.15) is 27.0 Å². The van der Waals surface area contributed by atoms with Gasteiger partial charge in [-0.2, -0.15) is 11.3 Å². The van der Waals surface area contributed by atoms with Crippen molar-refractivity contribution < 1.29 is 9.53 Å². The van der Waals surface area contributed by atoms with Gasteiger partial charge in [-0.1, -0.05) is 60.7 Å². The zero-order chi connectivity index (χ0) is 21.9. The Labute approximate surface area is 192 Å². The van der Waals surface area contributed by atoms with E-state index in [0.717, 1.165) is 40.8 Å². The molecule has 160 valence electrons. The highest BCUT2D eigenvalue weighted by molar-refractivity contribution is 7.08. The molecule has 0 spiro atoms. The van der Waals surface area contributed by atoms with Crippen molar-refractivity contribution in [1.29, 1.82) is 0 Å². The number of benzene rings is 3. The molecule has 1 heterocycles. The van der Waals surface area contributed by atoms with E-state index < -0.39 is 0 Å². The summed E-state index contributed by atoms with van der Waals surface area (Å²) in [7, 11) is 1.68. The molecule has 32 heavy (non-hydrogen) atoms. The van der Waals surface area contributed by atoms with Crippen molar-refractivity contribution in [2.75, 3.05) is 7.11 Å². The number of amides is 1. The minimum atomic E-state index is 0.0653. The van der Waals surface area contributed by atoms with E-state index in [9.17, 15) is 4.79 Å². The second kappa shape index (κ2) is 9.01. The maximum absolute atomic E-state index is 14.1. The normalized spacial score (nSPS) is 13.0. The molecule has 1 aromatic heterocycles. The van der Waals surface area contributed by atoms with Crippen LogP contribution in [0.5, 0.6) is 5.75 Å². The Morgan fingerprint density at radius 3 is 2.34 bits per heavy atom. The first-order valence-corrected chi connectivity index (χ1v) is 11.8. The number of hydrogen-bond donors (Lipinski definition) is 0. The Morgan fingerprint density at radius 2 is 1.62 bits per heavy atom. The van der Waals surface area contributed by atoms with E-state index in [4.69, 9.17) is 4.74 Å². The summed E-state index contributed by atoms with van der Waals surface area (Å²) < 4.78 is 5.60. The van der Waals surface area contributed by atoms with Gasteiger partial charge in [0.05, 0.1) is 7.11 Å². The van der Waals surface area contributed by atoms with E-state index in [1.807, 2.05) is 53.4 Å². The average molecular weight is 440 g/mol. The molecule has 0 radical (unpaired) electrons. The molecule has 3 aromatic carbocycles. The third-order valence-electron chi connectivity index (χ3n) is 6.25. The van der Waals surface area contributed by atoms with Crippen LogP contribution in [0.25, 0.3) is 11.1 Å². The van der Waals surface area contributed by atoms with Crippen LogP contribution < -0.4 is 4.74 Å². The molecule has 0 unspecified atom stereocenters. The molecule has 4 aromatic rings. The number of rotatable bonds is 6. The van der Waals surface area contributed by atoms with Crippen LogP contribution in [-0.2, 0) is 19.4 Å². The Balaban J connectivity index is 1.54. The molecule has 4 heteroatoms. The second-order valence-corrected chi connectivity index (χ2v) is 8.91. The van der Waals surface area contributed by atoms with Crippen LogP contribution in [0.15, 0.2) is 89.6 Å². The molecule has 5 rings (SSSR count). The topological polar surface area (TPSA) is 29.5 Å². The van der Waals surface area contributed by atoms with E-state index in [1.165, 1.54) is 11.1 Å². The number of hydrogen-bond acceptors (Lipinski definition) is 3. The van der Waals surface area contributed by atoms with Gasteiger partial charge < -0.3 is 9.64 Å². The van der Waals surface area contributed by atoms with Crippen LogP contribution in [0.4, 0.5) is 0 Å². The summed E-state index contributed by atoms with van der Waals surface area (Å²) in [6, 6.07) is 26.6. The maximum Gasteiger partial charge on any atom is 0.255 e. The quantitative estimate of drug-likeness (QED) is 0.356. The van der Waals surface area contributed by atoms with E-state index in [1.54, 1.807) is 18.4 Å². The van der Waals surface area contributed by atoms with Gasteiger partial charge in [0.1, 0.15) is 5.75 Å². The summed E-state index contributed by atoms with van der Waals surface area (Å²) in [5.74, 6) is 0.877. The number of carbonyl (C=O) groups excluding carboxylic acids is 1. The number of thiophene rings is 1. The Kier molecular flexibility index (Phi) is 5.78. The van der Waals surface area contributed by atoms with Gasteiger partial charge in [0, 0.05) is 23.7 Å². The van der Waals surface area contributed by atoms with Crippen LogP contribution in [0.2, 0.25) is 0 Å². The molecule has 0 N–H and O–H groups in total. The number of nitrogens with zero attached hydrogens (tertiary/aromatic N) is 1. The van der Waals surface area contributed by atoms with Crippen LogP contribution >= 0.6 is 11.3 Å². The summed E-state index contributed by atoms with van der Waals surface area (Å²) in [5.41, 5.74) is 6.51. The van der Waals surface area contributed by atoms with Crippen LogP contribution in [0.3, 0.4) is 0 Å². The van der Waals surface area contributed by atoms with Gasteiger partial charge in [0.2, 0.25) is 0 Å². The van der Waals surface area contributed by atoms with Gasteiger partial charge in [0.15, 0.2) is 0 Å². The highest BCUT2D eigenvalue weighted by Crippen LogP contribution is 2.32. The van der Waals surface area contributed by atoms with Crippen molar-refractivity contribution in [2.45, 2.75) is 25.4 Å². The molecule has 0 atom stereocenters. The van der Waals surface area contributed by atoms with E-state index in [-0.39, 0.29) is 11.9 Å². The van der Waals surface area contributed by atoms with Crippen LogP contribution in [-0.4, -0.2) is 24.0 Å². The van der Waals surface area contributed by atoms with Crippen molar-refractivity contribution in [2.24, 2.45) is 0 Å². The smallest absolute Gasteiger partial charge is 0.255 e. The molecule has 0 aliphatic heterocycles. The minimum Gasteiger partial charge on any atom is -0.496 e. The van der Waals surface area contributed by atoms with Crippen molar-refractivity contribution in [3.63, 3.8) is 0 Å².